The zero-order valence-electron chi connectivity index (χ0n) is 14.3. The molecule has 0 aliphatic heterocycles. The fraction of sp³-hybridized carbons (Fsp3) is 0.136. The summed E-state index contributed by atoms with van der Waals surface area (Å²) in [6.45, 7) is 8.07. The molecule has 0 bridgehead atoms. The summed E-state index contributed by atoms with van der Waals surface area (Å²) in [6.07, 6.45) is 1.63. The number of fused-ring (bicyclic) bond motifs is 1. The van der Waals surface area contributed by atoms with E-state index in [1.54, 1.807) is 12.3 Å². The van der Waals surface area contributed by atoms with Crippen LogP contribution in [-0.2, 0) is 0 Å². The van der Waals surface area contributed by atoms with E-state index in [9.17, 15) is 4.39 Å². The van der Waals surface area contributed by atoms with Crippen LogP contribution in [0.3, 0.4) is 0 Å². The lowest BCUT2D eigenvalue weighted by molar-refractivity contribution is 0.637. The predicted octanol–water partition coefficient (Wildman–Crippen LogP) is 4.68. The summed E-state index contributed by atoms with van der Waals surface area (Å²) in [6, 6.07) is 14.8. The van der Waals surface area contributed by atoms with Gasteiger partial charge in [-0.15, -0.1) is 0 Å². The molecule has 0 aliphatic rings. The van der Waals surface area contributed by atoms with Gasteiger partial charge in [0, 0.05) is 28.4 Å². The Morgan fingerprint density at radius 3 is 2.80 bits per heavy atom. The molecule has 0 saturated heterocycles. The minimum atomic E-state index is -0.319. The topological polar surface area (TPSA) is 24.9 Å². The molecule has 2 aromatic carbocycles. The fourth-order valence-electron chi connectivity index (χ4n) is 2.57. The third-order valence-electron chi connectivity index (χ3n) is 3.97. The molecule has 1 heterocycles. The van der Waals surface area contributed by atoms with Crippen molar-refractivity contribution in [1.29, 1.82) is 0 Å². The SMILES string of the molecule is C=C(N[C@@H](C)C#Cc1ccccc1C)c1cnc2c(F)cccc2c1. The zero-order chi connectivity index (χ0) is 17.8. The second-order valence-corrected chi connectivity index (χ2v) is 5.96. The van der Waals surface area contributed by atoms with Crippen LogP contribution in [0.15, 0.2) is 61.3 Å². The Labute approximate surface area is 147 Å². The Balaban J connectivity index is 1.75. The molecule has 0 radical (unpaired) electrons. The minimum Gasteiger partial charge on any atom is -0.372 e. The fourth-order valence-corrected chi connectivity index (χ4v) is 2.57. The van der Waals surface area contributed by atoms with Gasteiger partial charge in [0.1, 0.15) is 11.3 Å². The molecule has 0 aliphatic carbocycles. The van der Waals surface area contributed by atoms with E-state index in [0.29, 0.717) is 11.2 Å². The lowest BCUT2D eigenvalue weighted by Crippen LogP contribution is -2.22. The van der Waals surface area contributed by atoms with Gasteiger partial charge >= 0.3 is 0 Å². The zero-order valence-corrected chi connectivity index (χ0v) is 14.3. The van der Waals surface area contributed by atoms with E-state index < -0.39 is 0 Å². The van der Waals surface area contributed by atoms with Crippen molar-refractivity contribution in [2.24, 2.45) is 0 Å². The van der Waals surface area contributed by atoms with Gasteiger partial charge < -0.3 is 5.32 Å². The summed E-state index contributed by atoms with van der Waals surface area (Å²) in [5.41, 5.74) is 4.07. The maximum Gasteiger partial charge on any atom is 0.149 e. The van der Waals surface area contributed by atoms with Gasteiger partial charge in [-0.1, -0.05) is 48.8 Å². The highest BCUT2D eigenvalue weighted by Crippen LogP contribution is 2.19. The molecule has 3 rings (SSSR count). The van der Waals surface area contributed by atoms with E-state index in [4.69, 9.17) is 0 Å². The number of hydrogen-bond acceptors (Lipinski definition) is 2. The first-order chi connectivity index (χ1) is 12.0. The number of nitrogens with one attached hydrogen (secondary N) is 1. The Kier molecular flexibility index (Phi) is 4.81. The van der Waals surface area contributed by atoms with Crippen LogP contribution < -0.4 is 5.32 Å². The van der Waals surface area contributed by atoms with Gasteiger partial charge in [0.2, 0.25) is 0 Å². The van der Waals surface area contributed by atoms with Crippen LogP contribution in [0.25, 0.3) is 16.6 Å². The molecule has 0 fully saturated rings. The van der Waals surface area contributed by atoms with Crippen LogP contribution in [0, 0.1) is 24.6 Å². The van der Waals surface area contributed by atoms with Crippen molar-refractivity contribution in [1.82, 2.24) is 10.3 Å². The number of pyridine rings is 1. The Hall–Kier alpha value is -3.12. The average Bonchev–Trinajstić information content (AvgIpc) is 2.61. The lowest BCUT2D eigenvalue weighted by Gasteiger charge is -2.13. The van der Waals surface area contributed by atoms with Crippen LogP contribution in [0.1, 0.15) is 23.6 Å². The minimum absolute atomic E-state index is 0.0738. The van der Waals surface area contributed by atoms with Crippen molar-refractivity contribution < 1.29 is 4.39 Å². The molecule has 1 atom stereocenters. The number of nitrogens with zero attached hydrogens (tertiary/aromatic N) is 1. The molecule has 25 heavy (non-hydrogen) atoms. The smallest absolute Gasteiger partial charge is 0.149 e. The first kappa shape index (κ1) is 16.7. The van der Waals surface area contributed by atoms with Gasteiger partial charge in [0.25, 0.3) is 0 Å². The van der Waals surface area contributed by atoms with Crippen LogP contribution in [-0.4, -0.2) is 11.0 Å². The maximum absolute atomic E-state index is 13.7. The number of halogens is 1. The molecular formula is C22H19FN2. The molecule has 1 aromatic heterocycles. The molecule has 124 valence electrons. The summed E-state index contributed by atoms with van der Waals surface area (Å²) in [5, 5.41) is 4.01. The van der Waals surface area contributed by atoms with Crippen LogP contribution >= 0.6 is 0 Å². The molecular weight excluding hydrogens is 311 g/mol. The number of hydrogen-bond donors (Lipinski definition) is 1. The number of benzene rings is 2. The van der Waals surface area contributed by atoms with Crippen LogP contribution in [0.2, 0.25) is 0 Å². The first-order valence-corrected chi connectivity index (χ1v) is 8.12. The van der Waals surface area contributed by atoms with E-state index >= 15 is 0 Å². The van der Waals surface area contributed by atoms with Gasteiger partial charge in [-0.2, -0.15) is 0 Å². The quantitative estimate of drug-likeness (QED) is 0.705. The van der Waals surface area contributed by atoms with E-state index in [-0.39, 0.29) is 11.9 Å². The highest BCUT2D eigenvalue weighted by atomic mass is 19.1. The second kappa shape index (κ2) is 7.19. The highest BCUT2D eigenvalue weighted by molar-refractivity contribution is 5.82. The summed E-state index contributed by atoms with van der Waals surface area (Å²) < 4.78 is 13.7. The maximum atomic E-state index is 13.7. The van der Waals surface area contributed by atoms with E-state index in [1.807, 2.05) is 50.2 Å². The average molecular weight is 330 g/mol. The van der Waals surface area contributed by atoms with Gasteiger partial charge in [0.05, 0.1) is 6.04 Å². The number of aryl methyl sites for hydroxylation is 1. The van der Waals surface area contributed by atoms with Crippen molar-refractivity contribution in [3.8, 4) is 11.8 Å². The van der Waals surface area contributed by atoms with Gasteiger partial charge in [-0.25, -0.2) is 4.39 Å². The molecule has 2 nitrogen and oxygen atoms in total. The van der Waals surface area contributed by atoms with E-state index in [1.165, 1.54) is 6.07 Å². The van der Waals surface area contributed by atoms with Gasteiger partial charge in [0.15, 0.2) is 0 Å². The third kappa shape index (κ3) is 3.87. The monoisotopic (exact) mass is 330 g/mol. The highest BCUT2D eigenvalue weighted by Gasteiger charge is 2.06. The Morgan fingerprint density at radius 1 is 1.20 bits per heavy atom. The number of aromatic nitrogens is 1. The molecule has 3 heteroatoms. The van der Waals surface area contributed by atoms with Crippen LogP contribution in [0.4, 0.5) is 4.39 Å². The molecule has 0 unspecified atom stereocenters. The normalized spacial score (nSPS) is 11.5. The van der Waals surface area contributed by atoms with E-state index in [2.05, 4.69) is 28.7 Å². The second-order valence-electron chi connectivity index (χ2n) is 5.96. The third-order valence-corrected chi connectivity index (χ3v) is 3.97. The first-order valence-electron chi connectivity index (χ1n) is 8.12. The summed E-state index contributed by atoms with van der Waals surface area (Å²) in [5.74, 6) is 6.05. The summed E-state index contributed by atoms with van der Waals surface area (Å²) in [4.78, 5) is 4.20. The van der Waals surface area contributed by atoms with Crippen molar-refractivity contribution >= 4 is 16.6 Å². The molecule has 1 N–H and O–H groups in total. The van der Waals surface area contributed by atoms with Crippen molar-refractivity contribution in [2.45, 2.75) is 19.9 Å². The van der Waals surface area contributed by atoms with Crippen molar-refractivity contribution in [3.63, 3.8) is 0 Å². The Bertz CT molecular complexity index is 996. The predicted molar refractivity (Wildman–Crippen MR) is 101 cm³/mol. The Morgan fingerprint density at radius 2 is 2.00 bits per heavy atom. The van der Waals surface area contributed by atoms with Crippen molar-refractivity contribution in [2.75, 3.05) is 0 Å². The number of para-hydroxylation sites is 1. The molecule has 0 amide bonds. The summed E-state index contributed by atoms with van der Waals surface area (Å²) in [7, 11) is 0. The van der Waals surface area contributed by atoms with E-state index in [0.717, 1.165) is 22.1 Å². The largest absolute Gasteiger partial charge is 0.372 e. The summed E-state index contributed by atoms with van der Waals surface area (Å²) >= 11 is 0. The van der Waals surface area contributed by atoms with Crippen molar-refractivity contribution in [3.05, 3.63) is 83.8 Å². The van der Waals surface area contributed by atoms with Gasteiger partial charge in [-0.3, -0.25) is 4.98 Å². The molecule has 0 spiro atoms. The standard InChI is InChI=1S/C22H19FN2/c1-15-7-4-5-8-18(15)12-11-16(2)25-17(3)20-13-19-9-6-10-21(23)22(19)24-14-20/h4-10,13-14,16,25H,3H2,1-2H3/t16-/m0/s1. The van der Waals surface area contributed by atoms with Gasteiger partial charge in [-0.05, 0) is 37.6 Å². The van der Waals surface area contributed by atoms with Crippen LogP contribution in [0.5, 0.6) is 0 Å². The lowest BCUT2D eigenvalue weighted by atomic mass is 10.1. The number of rotatable bonds is 3. The molecule has 3 aromatic rings. The molecule has 0 saturated carbocycles.